The predicted molar refractivity (Wildman–Crippen MR) is 77.2 cm³/mol. The van der Waals surface area contributed by atoms with Crippen LogP contribution >= 0.6 is 11.3 Å². The second kappa shape index (κ2) is 5.95. The van der Waals surface area contributed by atoms with Crippen molar-refractivity contribution in [2.75, 3.05) is 5.32 Å². The van der Waals surface area contributed by atoms with Crippen LogP contribution in [-0.4, -0.2) is 9.91 Å². The molecule has 6 nitrogen and oxygen atoms in total. The van der Waals surface area contributed by atoms with Gasteiger partial charge in [-0.15, -0.1) is 11.3 Å². The van der Waals surface area contributed by atoms with Crippen LogP contribution in [0.4, 0.5) is 11.4 Å². The number of anilines is 1. The fourth-order valence-corrected chi connectivity index (χ4v) is 2.25. The molecule has 0 bridgehead atoms. The van der Waals surface area contributed by atoms with Gasteiger partial charge < -0.3 is 5.32 Å². The molecule has 100 valence electrons. The molecule has 0 aliphatic rings. The highest BCUT2D eigenvalue weighted by Crippen LogP contribution is 2.21. The lowest BCUT2D eigenvalue weighted by Crippen LogP contribution is -1.93. The molecule has 2 aromatic rings. The molecule has 0 spiro atoms. The van der Waals surface area contributed by atoms with Gasteiger partial charge in [0.2, 0.25) is 0 Å². The minimum atomic E-state index is -0.468. The Kier molecular flexibility index (Phi) is 4.08. The number of hydrogen-bond donors (Lipinski definition) is 1. The third-order valence-corrected chi connectivity index (χ3v) is 3.40. The molecule has 0 fully saturated rings. The largest absolute Gasteiger partial charge is 0.360 e. The molecule has 1 N–H and O–H groups in total. The molecule has 0 atom stereocenters. The summed E-state index contributed by atoms with van der Waals surface area (Å²) in [7, 11) is 0. The zero-order chi connectivity index (χ0) is 14.5. The zero-order valence-electron chi connectivity index (χ0n) is 10.5. The molecular weight excluding hydrogens is 276 g/mol. The van der Waals surface area contributed by atoms with Crippen molar-refractivity contribution in [2.24, 2.45) is 0 Å². The quantitative estimate of drug-likeness (QED) is 0.528. The Hall–Kier alpha value is -2.72. The number of allylic oxidation sites excluding steroid dienone is 1. The predicted octanol–water partition coefficient (Wildman–Crippen LogP) is 3.34. The second-order valence-corrected chi connectivity index (χ2v) is 4.77. The van der Waals surface area contributed by atoms with E-state index in [1.54, 1.807) is 12.1 Å². The van der Waals surface area contributed by atoms with Gasteiger partial charge in [-0.25, -0.2) is 4.98 Å². The van der Waals surface area contributed by atoms with Gasteiger partial charge in [0.1, 0.15) is 16.6 Å². The topological polar surface area (TPSA) is 91.8 Å². The van der Waals surface area contributed by atoms with E-state index in [0.717, 1.165) is 5.69 Å². The average molecular weight is 286 g/mol. The van der Waals surface area contributed by atoms with Crippen molar-refractivity contribution >= 4 is 28.3 Å². The molecule has 7 heteroatoms. The van der Waals surface area contributed by atoms with Crippen molar-refractivity contribution in [3.63, 3.8) is 0 Å². The number of nitrogens with zero attached hydrogens (tertiary/aromatic N) is 3. The van der Waals surface area contributed by atoms with Crippen molar-refractivity contribution in [2.45, 2.75) is 6.92 Å². The maximum absolute atomic E-state index is 10.7. The molecule has 0 radical (unpaired) electrons. The summed E-state index contributed by atoms with van der Waals surface area (Å²) in [6, 6.07) is 8.12. The molecule has 0 saturated carbocycles. The standard InChI is InChI=1S/C13H10N4O2S/c1-9-8-20-13(16-9)10(6-14)7-15-11-3-2-4-12(5-11)17(18)19/h2-5,7-8,15H,1H3/b10-7+. The van der Waals surface area contributed by atoms with E-state index in [4.69, 9.17) is 5.26 Å². The van der Waals surface area contributed by atoms with Crippen molar-refractivity contribution in [3.05, 3.63) is 56.7 Å². The number of nitrogens with one attached hydrogen (secondary N) is 1. The summed E-state index contributed by atoms with van der Waals surface area (Å²) in [5.74, 6) is 0. The van der Waals surface area contributed by atoms with Crippen LogP contribution < -0.4 is 5.32 Å². The number of thiazole rings is 1. The van der Waals surface area contributed by atoms with Crippen molar-refractivity contribution in [3.8, 4) is 6.07 Å². The molecule has 0 aliphatic heterocycles. The van der Waals surface area contributed by atoms with Gasteiger partial charge in [0.25, 0.3) is 5.69 Å². The first kappa shape index (κ1) is 13.7. The van der Waals surface area contributed by atoms with E-state index in [2.05, 4.69) is 16.4 Å². The SMILES string of the molecule is Cc1csc(/C(C#N)=C/Nc2cccc([N+](=O)[O-])c2)n1. The van der Waals surface area contributed by atoms with Crippen LogP contribution in [-0.2, 0) is 0 Å². The summed E-state index contributed by atoms with van der Waals surface area (Å²) < 4.78 is 0. The van der Waals surface area contributed by atoms with Gasteiger partial charge in [-0.3, -0.25) is 10.1 Å². The highest BCUT2D eigenvalue weighted by molar-refractivity contribution is 7.10. The Morgan fingerprint density at radius 1 is 1.60 bits per heavy atom. The molecule has 0 aliphatic carbocycles. The minimum Gasteiger partial charge on any atom is -0.360 e. The Morgan fingerprint density at radius 3 is 3.00 bits per heavy atom. The molecular formula is C13H10N4O2S. The van der Waals surface area contributed by atoms with Gasteiger partial charge in [0, 0.05) is 35.1 Å². The van der Waals surface area contributed by atoms with Gasteiger partial charge in [-0.1, -0.05) is 6.07 Å². The van der Waals surface area contributed by atoms with Crippen molar-refractivity contribution in [1.29, 1.82) is 5.26 Å². The maximum atomic E-state index is 10.7. The van der Waals surface area contributed by atoms with Crippen LogP contribution in [0, 0.1) is 28.4 Å². The third kappa shape index (κ3) is 3.18. The van der Waals surface area contributed by atoms with E-state index >= 15 is 0 Å². The van der Waals surface area contributed by atoms with Crippen LogP contribution in [0.3, 0.4) is 0 Å². The Bertz CT molecular complexity index is 715. The maximum Gasteiger partial charge on any atom is 0.271 e. The molecule has 0 unspecified atom stereocenters. The van der Waals surface area contributed by atoms with E-state index in [1.165, 1.54) is 29.7 Å². The molecule has 0 amide bonds. The number of rotatable bonds is 4. The highest BCUT2D eigenvalue weighted by atomic mass is 32.1. The zero-order valence-corrected chi connectivity index (χ0v) is 11.3. The Morgan fingerprint density at radius 2 is 2.40 bits per heavy atom. The Balaban J connectivity index is 2.21. The summed E-state index contributed by atoms with van der Waals surface area (Å²) in [5.41, 5.74) is 1.77. The summed E-state index contributed by atoms with van der Waals surface area (Å²) in [6.07, 6.45) is 1.50. The number of nitro benzene ring substituents is 1. The summed E-state index contributed by atoms with van der Waals surface area (Å²) in [6.45, 7) is 1.85. The van der Waals surface area contributed by atoms with Gasteiger partial charge in [0.05, 0.1) is 4.92 Å². The van der Waals surface area contributed by atoms with Gasteiger partial charge >= 0.3 is 0 Å². The van der Waals surface area contributed by atoms with Crippen molar-refractivity contribution < 1.29 is 4.92 Å². The number of non-ortho nitro benzene ring substituents is 1. The van der Waals surface area contributed by atoms with Gasteiger partial charge in [-0.05, 0) is 13.0 Å². The highest BCUT2D eigenvalue weighted by Gasteiger charge is 2.07. The fourth-order valence-electron chi connectivity index (χ4n) is 1.48. The number of hydrogen-bond acceptors (Lipinski definition) is 6. The lowest BCUT2D eigenvalue weighted by molar-refractivity contribution is -0.384. The summed E-state index contributed by atoms with van der Waals surface area (Å²) in [5, 5.41) is 25.1. The smallest absolute Gasteiger partial charge is 0.271 e. The number of benzene rings is 1. The lowest BCUT2D eigenvalue weighted by atomic mass is 10.2. The molecule has 1 aromatic heterocycles. The normalized spacial score (nSPS) is 10.9. The summed E-state index contributed by atoms with van der Waals surface area (Å²) in [4.78, 5) is 14.4. The monoisotopic (exact) mass is 286 g/mol. The first-order valence-electron chi connectivity index (χ1n) is 5.64. The van der Waals surface area contributed by atoms with E-state index < -0.39 is 4.92 Å². The molecule has 1 aromatic carbocycles. The lowest BCUT2D eigenvalue weighted by Gasteiger charge is -2.01. The summed E-state index contributed by atoms with van der Waals surface area (Å²) >= 11 is 1.38. The van der Waals surface area contributed by atoms with E-state index in [1.807, 2.05) is 12.3 Å². The van der Waals surface area contributed by atoms with Crippen LogP contribution in [0.15, 0.2) is 35.8 Å². The minimum absolute atomic E-state index is 0.00741. The van der Waals surface area contributed by atoms with Gasteiger partial charge in [-0.2, -0.15) is 5.26 Å². The van der Waals surface area contributed by atoms with E-state index in [-0.39, 0.29) is 5.69 Å². The number of aryl methyl sites for hydroxylation is 1. The Labute approximate surface area is 119 Å². The number of nitriles is 1. The fraction of sp³-hybridized carbons (Fsp3) is 0.0769. The van der Waals surface area contributed by atoms with Crippen molar-refractivity contribution in [1.82, 2.24) is 4.98 Å². The van der Waals surface area contributed by atoms with E-state index in [0.29, 0.717) is 16.3 Å². The van der Waals surface area contributed by atoms with Crippen LogP contribution in [0.2, 0.25) is 0 Å². The van der Waals surface area contributed by atoms with Crippen LogP contribution in [0.1, 0.15) is 10.7 Å². The van der Waals surface area contributed by atoms with Crippen LogP contribution in [0.5, 0.6) is 0 Å². The number of aromatic nitrogens is 1. The molecule has 2 rings (SSSR count). The van der Waals surface area contributed by atoms with Gasteiger partial charge in [0.15, 0.2) is 0 Å². The first-order chi connectivity index (χ1) is 9.60. The third-order valence-electron chi connectivity index (χ3n) is 2.41. The second-order valence-electron chi connectivity index (χ2n) is 3.92. The number of nitro groups is 1. The van der Waals surface area contributed by atoms with E-state index in [9.17, 15) is 10.1 Å². The molecule has 0 saturated heterocycles. The first-order valence-corrected chi connectivity index (χ1v) is 6.52. The molecule has 20 heavy (non-hydrogen) atoms. The van der Waals surface area contributed by atoms with Crippen LogP contribution in [0.25, 0.3) is 5.57 Å². The molecule has 1 heterocycles. The average Bonchev–Trinajstić information content (AvgIpc) is 2.86.